The number of benzene rings is 2. The van der Waals surface area contributed by atoms with E-state index in [0.717, 1.165) is 21.6 Å². The highest BCUT2D eigenvalue weighted by Gasteiger charge is 2.19. The van der Waals surface area contributed by atoms with E-state index in [2.05, 4.69) is 4.72 Å². The Balaban J connectivity index is 2.25. The van der Waals surface area contributed by atoms with Crippen molar-refractivity contribution >= 4 is 21.8 Å². The number of hydrogen-bond acceptors (Lipinski definition) is 3. The van der Waals surface area contributed by atoms with Gasteiger partial charge in [0, 0.05) is 10.9 Å². The molecule has 0 bridgehead atoms. The molecule has 0 aliphatic heterocycles. The van der Waals surface area contributed by atoms with Crippen molar-refractivity contribution in [3.05, 3.63) is 59.2 Å². The molecule has 0 fully saturated rings. The minimum Gasteiger partial charge on any atom is -0.207 e. The van der Waals surface area contributed by atoms with Crippen molar-refractivity contribution in [3.63, 3.8) is 0 Å². The van der Waals surface area contributed by atoms with Gasteiger partial charge in [0.1, 0.15) is 0 Å². The van der Waals surface area contributed by atoms with Crippen LogP contribution in [0.4, 0.5) is 0 Å². The molecule has 2 rings (SSSR count). The van der Waals surface area contributed by atoms with Gasteiger partial charge in [-0.3, -0.25) is 0 Å². The van der Waals surface area contributed by atoms with E-state index in [1.165, 1.54) is 0 Å². The zero-order valence-electron chi connectivity index (χ0n) is 13.3. The van der Waals surface area contributed by atoms with E-state index in [1.807, 2.05) is 57.4 Å². The maximum absolute atomic E-state index is 12.5. The predicted octanol–water partition coefficient (Wildman–Crippen LogP) is 4.06. The molecule has 118 valence electrons. The molecule has 0 saturated heterocycles. The van der Waals surface area contributed by atoms with Crippen molar-refractivity contribution in [3.8, 4) is 0 Å². The number of sulfonamides is 1. The van der Waals surface area contributed by atoms with E-state index in [9.17, 15) is 8.42 Å². The standard InChI is InChI=1S/C17H21NO2S2/c1-12-5-6-13(2)17(11-12)14(3)18-22(19,20)16-9-7-15(21-4)8-10-16/h5-11,14,18H,1-4H3/t14-/m0/s1. The minimum absolute atomic E-state index is 0.273. The monoisotopic (exact) mass is 335 g/mol. The lowest BCUT2D eigenvalue weighted by atomic mass is 10.0. The van der Waals surface area contributed by atoms with Crippen molar-refractivity contribution in [1.29, 1.82) is 0 Å². The summed E-state index contributed by atoms with van der Waals surface area (Å²) >= 11 is 1.59. The van der Waals surface area contributed by atoms with Gasteiger partial charge in [0.2, 0.25) is 10.0 Å². The molecule has 0 aliphatic carbocycles. The highest BCUT2D eigenvalue weighted by Crippen LogP contribution is 2.22. The highest BCUT2D eigenvalue weighted by atomic mass is 32.2. The van der Waals surface area contributed by atoms with Gasteiger partial charge in [-0.1, -0.05) is 23.8 Å². The summed E-state index contributed by atoms with van der Waals surface area (Å²) in [5.74, 6) is 0. The van der Waals surface area contributed by atoms with Crippen LogP contribution in [0.15, 0.2) is 52.3 Å². The Labute approximate surface area is 137 Å². The molecule has 0 amide bonds. The van der Waals surface area contributed by atoms with Crippen molar-refractivity contribution in [1.82, 2.24) is 4.72 Å². The number of aryl methyl sites for hydroxylation is 2. The summed E-state index contributed by atoms with van der Waals surface area (Å²) in [5.41, 5.74) is 3.21. The van der Waals surface area contributed by atoms with Crippen LogP contribution in [-0.2, 0) is 10.0 Å². The van der Waals surface area contributed by atoms with Crippen molar-refractivity contribution < 1.29 is 8.42 Å². The fraction of sp³-hybridized carbons (Fsp3) is 0.294. The molecule has 0 saturated carbocycles. The second kappa shape index (κ2) is 6.86. The van der Waals surface area contributed by atoms with Crippen LogP contribution in [0.5, 0.6) is 0 Å². The van der Waals surface area contributed by atoms with E-state index in [4.69, 9.17) is 0 Å². The van der Waals surface area contributed by atoms with Gasteiger partial charge in [-0.15, -0.1) is 11.8 Å². The first kappa shape index (κ1) is 17.1. The lowest BCUT2D eigenvalue weighted by Gasteiger charge is -2.17. The van der Waals surface area contributed by atoms with Gasteiger partial charge in [-0.25, -0.2) is 13.1 Å². The number of hydrogen-bond donors (Lipinski definition) is 1. The van der Waals surface area contributed by atoms with Crippen LogP contribution in [0.3, 0.4) is 0 Å². The van der Waals surface area contributed by atoms with Gasteiger partial charge >= 0.3 is 0 Å². The maximum atomic E-state index is 12.5. The first-order valence-electron chi connectivity index (χ1n) is 7.07. The SMILES string of the molecule is CSc1ccc(S(=O)(=O)N[C@@H](C)c2cc(C)ccc2C)cc1. The van der Waals surface area contributed by atoms with Crippen LogP contribution in [0.2, 0.25) is 0 Å². The van der Waals surface area contributed by atoms with Crippen LogP contribution >= 0.6 is 11.8 Å². The molecule has 0 radical (unpaired) electrons. The molecule has 0 unspecified atom stereocenters. The quantitative estimate of drug-likeness (QED) is 0.838. The summed E-state index contributed by atoms with van der Waals surface area (Å²) in [6.45, 7) is 5.87. The van der Waals surface area contributed by atoms with Crippen molar-refractivity contribution in [2.24, 2.45) is 0 Å². The van der Waals surface area contributed by atoms with Gasteiger partial charge in [0.05, 0.1) is 4.90 Å². The van der Waals surface area contributed by atoms with E-state index in [1.54, 1.807) is 23.9 Å². The van der Waals surface area contributed by atoms with E-state index in [0.29, 0.717) is 4.90 Å². The Kier molecular flexibility index (Phi) is 5.32. The Morgan fingerprint density at radius 2 is 1.68 bits per heavy atom. The van der Waals surface area contributed by atoms with Crippen molar-refractivity contribution in [2.45, 2.75) is 36.6 Å². The van der Waals surface area contributed by atoms with Crippen LogP contribution < -0.4 is 4.72 Å². The maximum Gasteiger partial charge on any atom is 0.241 e. The summed E-state index contributed by atoms with van der Waals surface area (Å²) < 4.78 is 27.7. The molecule has 22 heavy (non-hydrogen) atoms. The van der Waals surface area contributed by atoms with E-state index >= 15 is 0 Å². The molecule has 2 aromatic rings. The third-order valence-electron chi connectivity index (χ3n) is 3.60. The molecule has 5 heteroatoms. The molecular formula is C17H21NO2S2. The molecule has 3 nitrogen and oxygen atoms in total. The predicted molar refractivity (Wildman–Crippen MR) is 92.9 cm³/mol. The summed E-state index contributed by atoms with van der Waals surface area (Å²) in [6, 6.07) is 12.7. The fourth-order valence-electron chi connectivity index (χ4n) is 2.35. The fourth-order valence-corrected chi connectivity index (χ4v) is 3.98. The average Bonchev–Trinajstić information content (AvgIpc) is 2.49. The normalized spacial score (nSPS) is 13.1. The molecule has 1 N–H and O–H groups in total. The van der Waals surface area contributed by atoms with Gasteiger partial charge in [0.25, 0.3) is 0 Å². The number of nitrogens with one attached hydrogen (secondary N) is 1. The van der Waals surface area contributed by atoms with Crippen LogP contribution in [0.1, 0.15) is 29.7 Å². The Morgan fingerprint density at radius 3 is 2.27 bits per heavy atom. The largest absolute Gasteiger partial charge is 0.241 e. The van der Waals surface area contributed by atoms with Crippen LogP contribution in [-0.4, -0.2) is 14.7 Å². The summed E-state index contributed by atoms with van der Waals surface area (Å²) in [5, 5.41) is 0. The topological polar surface area (TPSA) is 46.2 Å². The summed E-state index contributed by atoms with van der Waals surface area (Å²) in [6.07, 6.45) is 1.96. The lowest BCUT2D eigenvalue weighted by molar-refractivity contribution is 0.566. The summed E-state index contributed by atoms with van der Waals surface area (Å²) in [4.78, 5) is 1.34. The number of thioether (sulfide) groups is 1. The smallest absolute Gasteiger partial charge is 0.207 e. The third-order valence-corrected chi connectivity index (χ3v) is 5.90. The first-order chi connectivity index (χ1) is 10.3. The molecule has 2 aromatic carbocycles. The lowest BCUT2D eigenvalue weighted by Crippen LogP contribution is -2.27. The van der Waals surface area contributed by atoms with E-state index in [-0.39, 0.29) is 6.04 Å². The zero-order chi connectivity index (χ0) is 16.3. The van der Waals surface area contributed by atoms with Gasteiger partial charge in [0.15, 0.2) is 0 Å². The van der Waals surface area contributed by atoms with Crippen LogP contribution in [0.25, 0.3) is 0 Å². The number of rotatable bonds is 5. The van der Waals surface area contributed by atoms with Crippen LogP contribution in [0, 0.1) is 13.8 Å². The first-order valence-corrected chi connectivity index (χ1v) is 9.78. The van der Waals surface area contributed by atoms with Gasteiger partial charge in [-0.2, -0.15) is 0 Å². The average molecular weight is 335 g/mol. The van der Waals surface area contributed by atoms with Gasteiger partial charge in [-0.05, 0) is 62.4 Å². The Morgan fingerprint density at radius 1 is 1.05 bits per heavy atom. The summed E-state index contributed by atoms with van der Waals surface area (Å²) in [7, 11) is -3.52. The molecule has 0 spiro atoms. The third kappa shape index (κ3) is 3.91. The Hall–Kier alpha value is -1.30. The van der Waals surface area contributed by atoms with Crippen molar-refractivity contribution in [2.75, 3.05) is 6.26 Å². The second-order valence-electron chi connectivity index (χ2n) is 5.38. The molecule has 1 atom stereocenters. The second-order valence-corrected chi connectivity index (χ2v) is 7.97. The Bertz CT molecular complexity index is 753. The molecule has 0 aliphatic rings. The molecular weight excluding hydrogens is 314 g/mol. The highest BCUT2D eigenvalue weighted by molar-refractivity contribution is 7.98. The molecule has 0 aromatic heterocycles. The van der Waals surface area contributed by atoms with Gasteiger partial charge < -0.3 is 0 Å². The zero-order valence-corrected chi connectivity index (χ0v) is 14.9. The minimum atomic E-state index is -3.52. The molecule has 0 heterocycles. The van der Waals surface area contributed by atoms with E-state index < -0.39 is 10.0 Å².